The predicted molar refractivity (Wildman–Crippen MR) is 75.6 cm³/mol. The molecule has 2 aromatic rings. The molecule has 0 aliphatic carbocycles. The Morgan fingerprint density at radius 1 is 1.47 bits per heavy atom. The number of likely N-dealkylation sites (tertiary alicyclic amines) is 1. The van der Waals surface area contributed by atoms with Gasteiger partial charge in [0, 0.05) is 18.8 Å². The van der Waals surface area contributed by atoms with Crippen molar-refractivity contribution in [1.82, 2.24) is 19.4 Å². The molecule has 0 bridgehead atoms. The molecule has 5 heteroatoms. The molecule has 0 spiro atoms. The van der Waals surface area contributed by atoms with Gasteiger partial charge in [0.2, 0.25) is 0 Å². The Kier molecular flexibility index (Phi) is 2.88. The lowest BCUT2D eigenvalue weighted by Crippen LogP contribution is -2.33. The van der Waals surface area contributed by atoms with Crippen LogP contribution in [0.2, 0.25) is 0 Å². The molecule has 5 nitrogen and oxygen atoms in total. The highest BCUT2D eigenvalue weighted by atomic mass is 15.2. The lowest BCUT2D eigenvalue weighted by Gasteiger charge is -2.30. The van der Waals surface area contributed by atoms with Gasteiger partial charge in [0.15, 0.2) is 0 Å². The van der Waals surface area contributed by atoms with E-state index < -0.39 is 0 Å². The minimum absolute atomic E-state index is 0.401. The Balaban J connectivity index is 2.14. The summed E-state index contributed by atoms with van der Waals surface area (Å²) >= 11 is 0. The third kappa shape index (κ3) is 1.94. The Morgan fingerprint density at radius 2 is 2.32 bits per heavy atom. The van der Waals surface area contributed by atoms with Crippen LogP contribution in [0.15, 0.2) is 12.5 Å². The lowest BCUT2D eigenvalue weighted by molar-refractivity contribution is 0.214. The van der Waals surface area contributed by atoms with E-state index in [1.54, 1.807) is 0 Å². The van der Waals surface area contributed by atoms with Crippen molar-refractivity contribution in [3.05, 3.63) is 18.1 Å². The van der Waals surface area contributed by atoms with Gasteiger partial charge in [-0.3, -0.25) is 0 Å². The van der Waals surface area contributed by atoms with Gasteiger partial charge in [0.1, 0.15) is 17.8 Å². The van der Waals surface area contributed by atoms with Crippen LogP contribution in [-0.2, 0) is 0 Å². The van der Waals surface area contributed by atoms with E-state index >= 15 is 0 Å². The summed E-state index contributed by atoms with van der Waals surface area (Å²) in [6, 6.07) is 0.401. The number of piperidine rings is 1. The topological polar surface area (TPSA) is 60.0 Å². The monoisotopic (exact) mass is 255 g/mol. The van der Waals surface area contributed by atoms with Gasteiger partial charge in [-0.1, -0.05) is 5.92 Å². The molecule has 0 aromatic carbocycles. The summed E-state index contributed by atoms with van der Waals surface area (Å²) in [5.74, 6) is 3.15. The summed E-state index contributed by atoms with van der Waals surface area (Å²) in [7, 11) is 2.14. The fourth-order valence-electron chi connectivity index (χ4n) is 2.86. The van der Waals surface area contributed by atoms with Gasteiger partial charge in [-0.2, -0.15) is 0 Å². The van der Waals surface area contributed by atoms with E-state index in [1.807, 2.05) is 6.20 Å². The van der Waals surface area contributed by atoms with E-state index in [0.717, 1.165) is 36.1 Å². The molecule has 3 heterocycles. The normalized spacial score (nSPS) is 20.5. The SMILES string of the molecule is C#Cc1cn(C2CCCN(C)C2)c2ncnc(N)c12. The summed E-state index contributed by atoms with van der Waals surface area (Å²) in [6.07, 6.45) is 11.4. The lowest BCUT2D eigenvalue weighted by atomic mass is 10.1. The molecule has 3 rings (SSSR count). The number of terminal acetylenes is 1. The van der Waals surface area contributed by atoms with Gasteiger partial charge in [-0.05, 0) is 26.4 Å². The fourth-order valence-corrected chi connectivity index (χ4v) is 2.86. The first kappa shape index (κ1) is 12.0. The summed E-state index contributed by atoms with van der Waals surface area (Å²) in [4.78, 5) is 10.7. The van der Waals surface area contributed by atoms with Crippen LogP contribution in [0, 0.1) is 12.3 Å². The largest absolute Gasteiger partial charge is 0.383 e. The van der Waals surface area contributed by atoms with E-state index in [9.17, 15) is 0 Å². The fraction of sp³-hybridized carbons (Fsp3) is 0.429. The van der Waals surface area contributed by atoms with E-state index in [0.29, 0.717) is 11.9 Å². The molecule has 1 aliphatic rings. The van der Waals surface area contributed by atoms with Crippen LogP contribution in [0.25, 0.3) is 11.0 Å². The summed E-state index contributed by atoms with van der Waals surface area (Å²) in [5, 5.41) is 0.804. The van der Waals surface area contributed by atoms with Crippen LogP contribution >= 0.6 is 0 Å². The number of nitrogens with zero attached hydrogens (tertiary/aromatic N) is 4. The first-order valence-corrected chi connectivity index (χ1v) is 6.47. The molecular formula is C14H17N5. The van der Waals surface area contributed by atoms with Gasteiger partial charge < -0.3 is 15.2 Å². The number of hydrogen-bond donors (Lipinski definition) is 1. The van der Waals surface area contributed by atoms with Crippen LogP contribution in [0.4, 0.5) is 5.82 Å². The highest BCUT2D eigenvalue weighted by Gasteiger charge is 2.22. The number of anilines is 1. The molecule has 19 heavy (non-hydrogen) atoms. The summed E-state index contributed by atoms with van der Waals surface area (Å²) < 4.78 is 2.16. The number of hydrogen-bond acceptors (Lipinski definition) is 4. The van der Waals surface area contributed by atoms with Crippen LogP contribution < -0.4 is 5.73 Å². The maximum Gasteiger partial charge on any atom is 0.147 e. The van der Waals surface area contributed by atoms with Gasteiger partial charge in [-0.25, -0.2) is 9.97 Å². The zero-order chi connectivity index (χ0) is 13.4. The molecule has 1 fully saturated rings. The molecule has 0 radical (unpaired) electrons. The number of aromatic nitrogens is 3. The maximum absolute atomic E-state index is 5.93. The van der Waals surface area contributed by atoms with E-state index in [4.69, 9.17) is 12.2 Å². The zero-order valence-corrected chi connectivity index (χ0v) is 11.0. The number of likely N-dealkylation sites (N-methyl/N-ethyl adjacent to an activating group) is 1. The van der Waals surface area contributed by atoms with E-state index in [-0.39, 0.29) is 0 Å². The Bertz CT molecular complexity index is 652. The molecule has 1 atom stereocenters. The zero-order valence-electron chi connectivity index (χ0n) is 11.0. The molecular weight excluding hydrogens is 238 g/mol. The second-order valence-electron chi connectivity index (χ2n) is 5.11. The molecule has 1 unspecified atom stereocenters. The molecule has 2 aromatic heterocycles. The maximum atomic E-state index is 5.93. The molecule has 1 aliphatic heterocycles. The molecule has 2 N–H and O–H groups in total. The number of fused-ring (bicyclic) bond motifs is 1. The number of rotatable bonds is 1. The molecule has 0 saturated carbocycles. The minimum Gasteiger partial charge on any atom is -0.383 e. The second-order valence-corrected chi connectivity index (χ2v) is 5.11. The van der Waals surface area contributed by atoms with Gasteiger partial charge in [0.05, 0.1) is 10.9 Å². The van der Waals surface area contributed by atoms with Crippen molar-refractivity contribution in [3.63, 3.8) is 0 Å². The molecule has 1 saturated heterocycles. The highest BCUT2D eigenvalue weighted by Crippen LogP contribution is 2.29. The van der Waals surface area contributed by atoms with Crippen LogP contribution in [0.1, 0.15) is 24.4 Å². The van der Waals surface area contributed by atoms with Crippen molar-refractivity contribution >= 4 is 16.9 Å². The van der Waals surface area contributed by atoms with Crippen molar-refractivity contribution in [2.75, 3.05) is 25.9 Å². The van der Waals surface area contributed by atoms with E-state index in [1.165, 1.54) is 12.7 Å². The Morgan fingerprint density at radius 3 is 3.05 bits per heavy atom. The smallest absolute Gasteiger partial charge is 0.147 e. The number of nitrogen functional groups attached to an aromatic ring is 1. The van der Waals surface area contributed by atoms with Crippen molar-refractivity contribution in [2.24, 2.45) is 0 Å². The van der Waals surface area contributed by atoms with Crippen LogP contribution in [-0.4, -0.2) is 39.6 Å². The van der Waals surface area contributed by atoms with Crippen LogP contribution in [0.5, 0.6) is 0 Å². The van der Waals surface area contributed by atoms with Crippen molar-refractivity contribution < 1.29 is 0 Å². The van der Waals surface area contributed by atoms with Gasteiger partial charge in [0.25, 0.3) is 0 Å². The number of nitrogens with two attached hydrogens (primary N) is 1. The molecule has 98 valence electrons. The average molecular weight is 255 g/mol. The Hall–Kier alpha value is -2.06. The molecule has 0 amide bonds. The first-order valence-electron chi connectivity index (χ1n) is 6.47. The highest BCUT2D eigenvalue weighted by molar-refractivity contribution is 5.92. The van der Waals surface area contributed by atoms with Crippen molar-refractivity contribution in [1.29, 1.82) is 0 Å². The van der Waals surface area contributed by atoms with Crippen LogP contribution in [0.3, 0.4) is 0 Å². The standard InChI is InChI=1S/C14H17N5/c1-3-10-7-19(11-5-4-6-18(2)8-11)14-12(10)13(15)16-9-17-14/h1,7,9,11H,4-6,8H2,2H3,(H2,15,16,17). The average Bonchev–Trinajstić information content (AvgIpc) is 2.79. The summed E-state index contributed by atoms with van der Waals surface area (Å²) in [6.45, 7) is 2.16. The predicted octanol–water partition coefficient (Wildman–Crippen LogP) is 1.26. The van der Waals surface area contributed by atoms with E-state index in [2.05, 4.69) is 32.4 Å². The quantitative estimate of drug-likeness (QED) is 0.779. The van der Waals surface area contributed by atoms with Crippen molar-refractivity contribution in [3.8, 4) is 12.3 Å². The Labute approximate surface area is 112 Å². The second kappa shape index (κ2) is 4.56. The van der Waals surface area contributed by atoms with Gasteiger partial charge in [-0.15, -0.1) is 6.42 Å². The first-order chi connectivity index (χ1) is 9.20. The van der Waals surface area contributed by atoms with Gasteiger partial charge >= 0.3 is 0 Å². The summed E-state index contributed by atoms with van der Waals surface area (Å²) in [5.41, 5.74) is 7.56. The third-order valence-electron chi connectivity index (χ3n) is 3.79. The minimum atomic E-state index is 0.401. The third-order valence-corrected chi connectivity index (χ3v) is 3.79. The van der Waals surface area contributed by atoms with Crippen molar-refractivity contribution in [2.45, 2.75) is 18.9 Å².